The van der Waals surface area contributed by atoms with Gasteiger partial charge in [-0.15, -0.1) is 0 Å². The third-order valence-electron chi connectivity index (χ3n) is 3.69. The maximum absolute atomic E-state index is 10.9. The van der Waals surface area contributed by atoms with Crippen LogP contribution < -0.4 is 5.73 Å². The third-order valence-corrected chi connectivity index (χ3v) is 3.69. The number of nitrogen functional groups attached to an aromatic ring is 1. The number of aromatic hydroxyl groups is 1. The fourth-order valence-corrected chi connectivity index (χ4v) is 2.49. The van der Waals surface area contributed by atoms with Crippen molar-refractivity contribution in [1.29, 1.82) is 0 Å². The normalized spacial score (nSPS) is 10.6. The Balaban J connectivity index is 1.91. The van der Waals surface area contributed by atoms with Crippen molar-refractivity contribution in [2.45, 2.75) is 6.42 Å². The molecule has 0 radical (unpaired) electrons. The van der Waals surface area contributed by atoms with Crippen molar-refractivity contribution in [3.63, 3.8) is 0 Å². The second-order valence-corrected chi connectivity index (χ2v) is 5.32. The Kier molecular flexibility index (Phi) is 3.76. The van der Waals surface area contributed by atoms with Gasteiger partial charge in [-0.25, -0.2) is 4.79 Å². The first-order valence-electron chi connectivity index (χ1n) is 7.11. The molecule has 3 aromatic rings. The van der Waals surface area contributed by atoms with Crippen molar-refractivity contribution in [1.82, 2.24) is 4.57 Å². The summed E-state index contributed by atoms with van der Waals surface area (Å²) < 4.78 is 1.78. The van der Waals surface area contributed by atoms with Gasteiger partial charge in [0.2, 0.25) is 0 Å². The molecule has 23 heavy (non-hydrogen) atoms. The van der Waals surface area contributed by atoms with E-state index in [1.807, 2.05) is 36.5 Å². The Labute approximate surface area is 133 Å². The maximum Gasteiger partial charge on any atom is 0.339 e. The van der Waals surface area contributed by atoms with Gasteiger partial charge in [-0.2, -0.15) is 0 Å². The van der Waals surface area contributed by atoms with E-state index in [1.54, 1.807) is 16.8 Å². The van der Waals surface area contributed by atoms with Gasteiger partial charge in [0.15, 0.2) is 0 Å². The molecule has 4 N–H and O–H groups in total. The molecule has 0 saturated carbocycles. The second-order valence-electron chi connectivity index (χ2n) is 5.32. The van der Waals surface area contributed by atoms with Crippen LogP contribution in [0.25, 0.3) is 5.69 Å². The molecule has 0 amide bonds. The minimum absolute atomic E-state index is 0.126. The fraction of sp³-hybridized carbons (Fsp3) is 0.0556. The Morgan fingerprint density at radius 2 is 1.83 bits per heavy atom. The highest BCUT2D eigenvalue weighted by atomic mass is 16.4. The van der Waals surface area contributed by atoms with Crippen LogP contribution in [0, 0.1) is 0 Å². The van der Waals surface area contributed by atoms with Crippen LogP contribution in [0.5, 0.6) is 5.75 Å². The summed E-state index contributed by atoms with van der Waals surface area (Å²) in [4.78, 5) is 10.9. The van der Waals surface area contributed by atoms with E-state index < -0.39 is 5.97 Å². The Morgan fingerprint density at radius 3 is 2.48 bits per heavy atom. The van der Waals surface area contributed by atoms with Gasteiger partial charge in [-0.3, -0.25) is 0 Å². The Morgan fingerprint density at radius 1 is 1.09 bits per heavy atom. The zero-order valence-electron chi connectivity index (χ0n) is 12.3. The van der Waals surface area contributed by atoms with E-state index in [-0.39, 0.29) is 11.3 Å². The molecule has 1 heterocycles. The number of rotatable bonds is 4. The van der Waals surface area contributed by atoms with E-state index in [0.29, 0.717) is 17.8 Å². The molecule has 5 heteroatoms. The van der Waals surface area contributed by atoms with Crippen LogP contribution in [0.4, 0.5) is 5.69 Å². The number of carbonyl (C=O) groups is 1. The summed E-state index contributed by atoms with van der Waals surface area (Å²) in [5.41, 5.74) is 9.36. The highest BCUT2D eigenvalue weighted by Gasteiger charge is 2.12. The highest BCUT2D eigenvalue weighted by molar-refractivity contribution is 5.91. The van der Waals surface area contributed by atoms with Crippen LogP contribution >= 0.6 is 0 Å². The quantitative estimate of drug-likeness (QED) is 0.691. The first-order chi connectivity index (χ1) is 11.0. The number of carboxylic acid groups (broad SMARTS) is 1. The number of aromatic carboxylic acids is 1. The van der Waals surface area contributed by atoms with Gasteiger partial charge < -0.3 is 20.5 Å². The van der Waals surface area contributed by atoms with Crippen LogP contribution in [0.3, 0.4) is 0 Å². The Hall–Kier alpha value is -3.21. The van der Waals surface area contributed by atoms with E-state index in [1.165, 1.54) is 12.1 Å². The van der Waals surface area contributed by atoms with Crippen LogP contribution in [-0.2, 0) is 6.42 Å². The largest absolute Gasteiger partial charge is 0.507 e. The summed E-state index contributed by atoms with van der Waals surface area (Å²) in [6, 6.07) is 14.4. The lowest BCUT2D eigenvalue weighted by Gasteiger charge is -2.05. The molecule has 0 atom stereocenters. The molecule has 0 unspecified atom stereocenters. The number of hydrogen-bond donors (Lipinski definition) is 3. The number of carboxylic acids is 1. The van der Waals surface area contributed by atoms with Gasteiger partial charge in [0.05, 0.1) is 5.69 Å². The van der Waals surface area contributed by atoms with Gasteiger partial charge in [0.25, 0.3) is 0 Å². The molecule has 3 rings (SSSR count). The topological polar surface area (TPSA) is 88.5 Å². The van der Waals surface area contributed by atoms with E-state index >= 15 is 0 Å². The number of phenols is 1. The molecule has 0 aliphatic carbocycles. The third kappa shape index (κ3) is 3.03. The van der Waals surface area contributed by atoms with Gasteiger partial charge in [-0.05, 0) is 23.3 Å². The van der Waals surface area contributed by atoms with E-state index in [9.17, 15) is 9.90 Å². The number of benzene rings is 2. The van der Waals surface area contributed by atoms with Crippen molar-refractivity contribution in [2.75, 3.05) is 5.73 Å². The fourth-order valence-electron chi connectivity index (χ4n) is 2.49. The van der Waals surface area contributed by atoms with Crippen LogP contribution in [0.15, 0.2) is 60.9 Å². The summed E-state index contributed by atoms with van der Waals surface area (Å²) in [6.07, 6.45) is 4.35. The van der Waals surface area contributed by atoms with Crippen molar-refractivity contribution in [3.05, 3.63) is 77.6 Å². The smallest absolute Gasteiger partial charge is 0.339 e. The summed E-state index contributed by atoms with van der Waals surface area (Å²) in [5, 5.41) is 18.8. The average Bonchev–Trinajstić information content (AvgIpc) is 2.89. The van der Waals surface area contributed by atoms with E-state index in [0.717, 1.165) is 11.1 Å². The molecular formula is C18H16N2O3. The molecule has 0 aliphatic heterocycles. The predicted molar refractivity (Wildman–Crippen MR) is 88.1 cm³/mol. The summed E-state index contributed by atoms with van der Waals surface area (Å²) >= 11 is 0. The van der Waals surface area contributed by atoms with Crippen molar-refractivity contribution < 1.29 is 15.0 Å². The molecule has 0 aliphatic rings. The molecular weight excluding hydrogens is 292 g/mol. The molecule has 0 bridgehead atoms. The first-order valence-corrected chi connectivity index (χ1v) is 7.11. The van der Waals surface area contributed by atoms with Crippen LogP contribution in [0.2, 0.25) is 0 Å². The predicted octanol–water partition coefficient (Wildman–Crippen LogP) is 3.05. The van der Waals surface area contributed by atoms with E-state index in [2.05, 4.69) is 0 Å². The standard InChI is InChI=1S/C18H16N2O3/c19-16-11-20(10-13(16)8-12-4-2-1-3-5-12)14-6-7-15(18(22)23)17(21)9-14/h1-7,9-11,21H,8,19H2,(H,22,23). The first kappa shape index (κ1) is 14.7. The van der Waals surface area contributed by atoms with Gasteiger partial charge in [0, 0.05) is 30.6 Å². The number of anilines is 1. The molecule has 5 nitrogen and oxygen atoms in total. The lowest BCUT2D eigenvalue weighted by molar-refractivity contribution is 0.0694. The Bertz CT molecular complexity index is 854. The number of nitrogens with two attached hydrogens (primary N) is 1. The van der Waals surface area contributed by atoms with Crippen LogP contribution in [0.1, 0.15) is 21.5 Å². The molecule has 116 valence electrons. The molecule has 0 saturated heterocycles. The minimum atomic E-state index is -1.16. The summed E-state index contributed by atoms with van der Waals surface area (Å²) in [6.45, 7) is 0. The maximum atomic E-state index is 10.9. The van der Waals surface area contributed by atoms with Gasteiger partial charge >= 0.3 is 5.97 Å². The highest BCUT2D eigenvalue weighted by Crippen LogP contribution is 2.25. The van der Waals surface area contributed by atoms with Crippen molar-refractivity contribution in [2.24, 2.45) is 0 Å². The molecule has 1 aromatic heterocycles. The average molecular weight is 308 g/mol. The second kappa shape index (κ2) is 5.88. The lowest BCUT2D eigenvalue weighted by atomic mass is 10.1. The monoisotopic (exact) mass is 308 g/mol. The van der Waals surface area contributed by atoms with Gasteiger partial charge in [-0.1, -0.05) is 30.3 Å². The number of nitrogens with zero attached hydrogens (tertiary/aromatic N) is 1. The van der Waals surface area contributed by atoms with Crippen molar-refractivity contribution >= 4 is 11.7 Å². The zero-order chi connectivity index (χ0) is 16.4. The van der Waals surface area contributed by atoms with Gasteiger partial charge in [0.1, 0.15) is 11.3 Å². The molecule has 2 aromatic carbocycles. The number of hydrogen-bond acceptors (Lipinski definition) is 3. The lowest BCUT2D eigenvalue weighted by Crippen LogP contribution is -1.98. The molecule has 0 spiro atoms. The SMILES string of the molecule is Nc1cn(-c2ccc(C(=O)O)c(O)c2)cc1Cc1ccccc1. The van der Waals surface area contributed by atoms with Crippen molar-refractivity contribution in [3.8, 4) is 11.4 Å². The minimum Gasteiger partial charge on any atom is -0.507 e. The number of aromatic nitrogens is 1. The van der Waals surface area contributed by atoms with Crippen LogP contribution in [-0.4, -0.2) is 20.7 Å². The zero-order valence-corrected chi connectivity index (χ0v) is 12.3. The summed E-state index contributed by atoms with van der Waals surface area (Å²) in [7, 11) is 0. The molecule has 0 fully saturated rings. The van der Waals surface area contributed by atoms with E-state index in [4.69, 9.17) is 10.8 Å². The summed E-state index contributed by atoms with van der Waals surface area (Å²) in [5.74, 6) is -1.43.